The Labute approximate surface area is 147 Å². The van der Waals surface area contributed by atoms with E-state index in [-0.39, 0.29) is 6.61 Å². The molecule has 0 amide bonds. The van der Waals surface area contributed by atoms with Gasteiger partial charge in [0, 0.05) is 24.2 Å². The van der Waals surface area contributed by atoms with Gasteiger partial charge in [-0.3, -0.25) is 0 Å². The van der Waals surface area contributed by atoms with Crippen molar-refractivity contribution in [2.75, 3.05) is 6.61 Å². The zero-order chi connectivity index (χ0) is 17.0. The van der Waals surface area contributed by atoms with Crippen LogP contribution in [-0.4, -0.2) is 43.9 Å². The third-order valence-corrected chi connectivity index (χ3v) is 6.18. The van der Waals surface area contributed by atoms with Gasteiger partial charge in [-0.1, -0.05) is 34.8 Å². The Kier molecular flexibility index (Phi) is 10.0. The van der Waals surface area contributed by atoms with Gasteiger partial charge in [0.05, 0.1) is 0 Å². The van der Waals surface area contributed by atoms with E-state index in [1.807, 2.05) is 0 Å². The Morgan fingerprint density at radius 1 is 0.762 bits per heavy atom. The van der Waals surface area contributed by atoms with Crippen LogP contribution in [0.3, 0.4) is 0 Å². The molecule has 0 aromatic rings. The third kappa shape index (κ3) is 8.01. The van der Waals surface area contributed by atoms with Gasteiger partial charge >= 0.3 is 0 Å². The van der Waals surface area contributed by atoms with Crippen LogP contribution >= 0.6 is 43.3 Å². The zero-order valence-corrected chi connectivity index (χ0v) is 17.6. The summed E-state index contributed by atoms with van der Waals surface area (Å²) < 4.78 is 9.44. The third-order valence-electron chi connectivity index (χ3n) is 2.86. The van der Waals surface area contributed by atoms with E-state index in [2.05, 4.69) is 64.7 Å². The first-order valence-corrected chi connectivity index (χ1v) is 9.74. The van der Waals surface area contributed by atoms with Gasteiger partial charge in [0.25, 0.3) is 0 Å². The van der Waals surface area contributed by atoms with Crippen molar-refractivity contribution in [3.05, 3.63) is 0 Å². The molecule has 0 fully saturated rings. The number of halogens is 3. The Morgan fingerprint density at radius 2 is 1.05 bits per heavy atom. The summed E-state index contributed by atoms with van der Waals surface area (Å²) in [5.74, 6) is 0. The molecule has 128 valence electrons. The molecule has 0 aliphatic heterocycles. The predicted octanol–water partition coefficient (Wildman–Crippen LogP) is 5.84. The molecule has 0 saturated carbocycles. The fourth-order valence-electron chi connectivity index (χ4n) is 2.37. The summed E-state index contributed by atoms with van der Waals surface area (Å²) in [7, 11) is -0.996. The van der Waals surface area contributed by atoms with Gasteiger partial charge in [-0.2, -0.15) is 0 Å². The van der Waals surface area contributed by atoms with Crippen molar-refractivity contribution in [1.29, 1.82) is 0 Å². The highest BCUT2D eigenvalue weighted by Gasteiger charge is 2.36. The maximum absolute atomic E-state index is 6.10. The highest BCUT2D eigenvalue weighted by molar-refractivity contribution is 7.47. The second-order valence-corrected chi connectivity index (χ2v) is 10.5. The molecule has 0 aliphatic rings. The van der Waals surface area contributed by atoms with E-state index >= 15 is 0 Å². The fraction of sp³-hybridized carbons (Fsp3) is 1.00. The molecule has 7 heteroatoms. The highest BCUT2D eigenvalue weighted by atomic mass is 35.6. The van der Waals surface area contributed by atoms with E-state index in [0.29, 0.717) is 24.2 Å². The first-order chi connectivity index (χ1) is 9.38. The average molecular weight is 380 g/mol. The Balaban J connectivity index is 5.41. The smallest absolute Gasteiger partial charge is 0.213 e. The van der Waals surface area contributed by atoms with E-state index in [1.165, 1.54) is 0 Å². The minimum absolute atomic E-state index is 0.0925. The second kappa shape index (κ2) is 9.47. The molecular formula is C14H30Cl3N2OP. The maximum atomic E-state index is 6.10. The van der Waals surface area contributed by atoms with Crippen LogP contribution in [0.4, 0.5) is 0 Å². The number of alkyl halides is 3. The molecule has 0 unspecified atom stereocenters. The molecule has 0 radical (unpaired) electrons. The Hall–Kier alpha value is 1.18. The van der Waals surface area contributed by atoms with Gasteiger partial charge < -0.3 is 4.52 Å². The lowest BCUT2D eigenvalue weighted by atomic mass is 10.3. The second-order valence-electron chi connectivity index (χ2n) is 6.28. The van der Waals surface area contributed by atoms with Crippen LogP contribution < -0.4 is 0 Å². The van der Waals surface area contributed by atoms with Crippen molar-refractivity contribution >= 4 is 43.3 Å². The lowest BCUT2D eigenvalue weighted by molar-refractivity contribution is 0.188. The molecule has 0 heterocycles. The number of hydrogen-bond acceptors (Lipinski definition) is 3. The molecule has 0 aromatic heterocycles. The van der Waals surface area contributed by atoms with Crippen molar-refractivity contribution in [2.24, 2.45) is 0 Å². The first kappa shape index (κ1) is 22.2. The molecule has 0 rings (SSSR count). The van der Waals surface area contributed by atoms with E-state index in [9.17, 15) is 0 Å². The molecule has 0 N–H and O–H groups in total. The quantitative estimate of drug-likeness (QED) is 0.389. The van der Waals surface area contributed by atoms with Crippen molar-refractivity contribution in [3.63, 3.8) is 0 Å². The van der Waals surface area contributed by atoms with Crippen LogP contribution in [0.1, 0.15) is 55.4 Å². The van der Waals surface area contributed by atoms with E-state index in [0.717, 1.165) is 0 Å². The highest BCUT2D eigenvalue weighted by Crippen LogP contribution is 2.51. The summed E-state index contributed by atoms with van der Waals surface area (Å²) in [4.78, 5) is 0. The molecule has 3 nitrogen and oxygen atoms in total. The van der Waals surface area contributed by atoms with Gasteiger partial charge in [0.1, 0.15) is 6.61 Å². The zero-order valence-electron chi connectivity index (χ0n) is 14.4. The van der Waals surface area contributed by atoms with Crippen LogP contribution in [0.2, 0.25) is 0 Å². The van der Waals surface area contributed by atoms with Crippen LogP contribution in [0, 0.1) is 0 Å². The van der Waals surface area contributed by atoms with Crippen molar-refractivity contribution < 1.29 is 4.52 Å². The summed E-state index contributed by atoms with van der Waals surface area (Å²) in [5.41, 5.74) is 0. The standard InChI is InChI=1S/C14H30Cl3N2OP/c1-10(2)18(11(3)4)21(20-9-14(15,16)17)19(12(5)6)13(7)8/h10-13H,9H2,1-8H3. The lowest BCUT2D eigenvalue weighted by Crippen LogP contribution is -2.43. The van der Waals surface area contributed by atoms with E-state index in [1.54, 1.807) is 0 Å². The summed E-state index contributed by atoms with van der Waals surface area (Å²) in [5, 5.41) is 0. The van der Waals surface area contributed by atoms with E-state index in [4.69, 9.17) is 39.3 Å². The molecule has 0 atom stereocenters. The largest absolute Gasteiger partial charge is 0.327 e. The molecule has 0 spiro atoms. The van der Waals surface area contributed by atoms with Crippen molar-refractivity contribution in [2.45, 2.75) is 83.3 Å². The normalized spacial score (nSPS) is 14.0. The number of hydrogen-bond donors (Lipinski definition) is 0. The fourth-order valence-corrected chi connectivity index (χ4v) is 5.15. The number of nitrogens with zero attached hydrogens (tertiary/aromatic N) is 2. The summed E-state index contributed by atoms with van der Waals surface area (Å²) >= 11 is 17.7. The van der Waals surface area contributed by atoms with Gasteiger partial charge in [-0.05, 0) is 55.4 Å². The molecule has 21 heavy (non-hydrogen) atoms. The predicted molar refractivity (Wildman–Crippen MR) is 97.4 cm³/mol. The molecular weight excluding hydrogens is 350 g/mol. The first-order valence-electron chi connectivity index (χ1n) is 7.44. The van der Waals surface area contributed by atoms with Crippen LogP contribution in [-0.2, 0) is 4.52 Å². The SMILES string of the molecule is CC(C)N(C(C)C)P(OCC(Cl)(Cl)Cl)N(C(C)C)C(C)C. The Bertz CT molecular complexity index is 260. The minimum Gasteiger partial charge on any atom is -0.327 e. The maximum Gasteiger partial charge on any atom is 0.213 e. The van der Waals surface area contributed by atoms with Crippen LogP contribution in [0.5, 0.6) is 0 Å². The Morgan fingerprint density at radius 3 is 1.24 bits per heavy atom. The molecule has 0 aromatic carbocycles. The summed E-state index contributed by atoms with van der Waals surface area (Å²) in [6.07, 6.45) is 0. The summed E-state index contributed by atoms with van der Waals surface area (Å²) in [6, 6.07) is 1.41. The van der Waals surface area contributed by atoms with Crippen LogP contribution in [0.25, 0.3) is 0 Å². The number of rotatable bonds is 8. The molecule has 0 saturated heterocycles. The molecule has 0 aliphatic carbocycles. The van der Waals surface area contributed by atoms with Crippen molar-refractivity contribution in [1.82, 2.24) is 9.34 Å². The van der Waals surface area contributed by atoms with Crippen LogP contribution in [0.15, 0.2) is 0 Å². The monoisotopic (exact) mass is 378 g/mol. The average Bonchev–Trinajstić information content (AvgIpc) is 2.22. The topological polar surface area (TPSA) is 15.7 Å². The molecule has 0 bridgehead atoms. The van der Waals surface area contributed by atoms with Crippen molar-refractivity contribution in [3.8, 4) is 0 Å². The van der Waals surface area contributed by atoms with Gasteiger partial charge in [0.15, 0.2) is 8.45 Å². The van der Waals surface area contributed by atoms with Gasteiger partial charge in [-0.15, -0.1) is 0 Å². The lowest BCUT2D eigenvalue weighted by Gasteiger charge is -2.45. The van der Waals surface area contributed by atoms with E-state index < -0.39 is 12.2 Å². The summed E-state index contributed by atoms with van der Waals surface area (Å²) in [6.45, 7) is 17.5. The van der Waals surface area contributed by atoms with Gasteiger partial charge in [0.2, 0.25) is 3.79 Å². The van der Waals surface area contributed by atoms with Gasteiger partial charge in [-0.25, -0.2) is 9.34 Å². The minimum atomic E-state index is -1.39.